The molecule has 0 aliphatic heterocycles. The molecule has 0 unspecified atom stereocenters. The molecule has 0 radical (unpaired) electrons. The zero-order valence-electron chi connectivity index (χ0n) is 16.3. The molecule has 0 saturated heterocycles. The molecule has 2 atom stereocenters. The van der Waals surface area contributed by atoms with Crippen molar-refractivity contribution in [2.75, 3.05) is 10.6 Å². The van der Waals surface area contributed by atoms with Gasteiger partial charge in [0, 0.05) is 24.2 Å². The van der Waals surface area contributed by atoms with E-state index in [0.29, 0.717) is 11.4 Å². The maximum Gasteiger partial charge on any atom is 0.228 e. The minimum atomic E-state index is -0.645. The van der Waals surface area contributed by atoms with E-state index in [1.165, 1.54) is 11.1 Å². The fraction of sp³-hybridized carbons (Fsp3) is 0.348. The van der Waals surface area contributed by atoms with Crippen LogP contribution in [0.4, 0.5) is 11.4 Å². The van der Waals surface area contributed by atoms with E-state index in [2.05, 4.69) is 24.5 Å². The summed E-state index contributed by atoms with van der Waals surface area (Å²) in [5, 5.41) is 5.70. The Balaban J connectivity index is 1.67. The summed E-state index contributed by atoms with van der Waals surface area (Å²) in [6, 6.07) is 15.2. The minimum absolute atomic E-state index is 0.0528. The second kappa shape index (κ2) is 8.83. The van der Waals surface area contributed by atoms with Gasteiger partial charge in [0.05, 0.1) is 11.8 Å². The number of rotatable bonds is 6. The first-order valence-corrected chi connectivity index (χ1v) is 9.81. The zero-order chi connectivity index (χ0) is 20.1. The van der Waals surface area contributed by atoms with Gasteiger partial charge in [-0.05, 0) is 48.2 Å². The predicted molar refractivity (Wildman–Crippen MR) is 110 cm³/mol. The fourth-order valence-corrected chi connectivity index (χ4v) is 3.53. The van der Waals surface area contributed by atoms with E-state index in [0.717, 1.165) is 12.8 Å². The lowest BCUT2D eigenvalue weighted by atomic mass is 9.94. The summed E-state index contributed by atoms with van der Waals surface area (Å²) in [5.41, 5.74) is 3.72. The molecule has 1 fully saturated rings. The maximum absolute atomic E-state index is 12.7. The van der Waals surface area contributed by atoms with Gasteiger partial charge in [-0.25, -0.2) is 0 Å². The van der Waals surface area contributed by atoms with Crippen LogP contribution in [-0.4, -0.2) is 17.6 Å². The minimum Gasteiger partial charge on any atom is -0.326 e. The molecule has 0 bridgehead atoms. The summed E-state index contributed by atoms with van der Waals surface area (Å²) in [6.07, 6.45) is 2.05. The molecular weight excluding hydrogens is 352 g/mol. The average molecular weight is 378 g/mol. The zero-order valence-corrected chi connectivity index (χ0v) is 16.3. The molecule has 5 nitrogen and oxygen atoms in total. The van der Waals surface area contributed by atoms with Crippen LogP contribution >= 0.6 is 0 Å². The molecule has 28 heavy (non-hydrogen) atoms. The van der Waals surface area contributed by atoms with Crippen molar-refractivity contribution in [2.45, 2.75) is 39.5 Å². The normalized spacial score (nSPS) is 18.7. The second-order valence-corrected chi connectivity index (χ2v) is 7.24. The van der Waals surface area contributed by atoms with E-state index in [-0.39, 0.29) is 30.4 Å². The van der Waals surface area contributed by atoms with Crippen LogP contribution in [0.2, 0.25) is 0 Å². The lowest BCUT2D eigenvalue weighted by molar-refractivity contribution is -0.128. The van der Waals surface area contributed by atoms with Crippen LogP contribution in [0, 0.1) is 11.8 Å². The number of benzene rings is 2. The monoisotopic (exact) mass is 378 g/mol. The lowest BCUT2D eigenvalue weighted by Gasteiger charge is -2.18. The molecular formula is C23H26N2O3. The summed E-state index contributed by atoms with van der Waals surface area (Å²) >= 11 is 0. The van der Waals surface area contributed by atoms with Gasteiger partial charge in [0.15, 0.2) is 0 Å². The first-order chi connectivity index (χ1) is 13.5. The highest BCUT2D eigenvalue weighted by molar-refractivity contribution is 6.05. The second-order valence-electron chi connectivity index (χ2n) is 7.24. The first-order valence-electron chi connectivity index (χ1n) is 9.81. The van der Waals surface area contributed by atoms with Crippen molar-refractivity contribution in [1.29, 1.82) is 0 Å². The number of hydrogen-bond donors (Lipinski definition) is 2. The smallest absolute Gasteiger partial charge is 0.228 e. The van der Waals surface area contributed by atoms with Crippen LogP contribution in [-0.2, 0) is 27.2 Å². The third kappa shape index (κ3) is 4.66. The predicted octanol–water partition coefficient (Wildman–Crippen LogP) is 3.98. The number of nitrogens with one attached hydrogen (secondary N) is 2. The van der Waals surface area contributed by atoms with Crippen molar-refractivity contribution in [3.8, 4) is 0 Å². The fourth-order valence-electron chi connectivity index (χ4n) is 3.53. The van der Waals surface area contributed by atoms with Gasteiger partial charge in [0.1, 0.15) is 5.78 Å². The molecule has 2 aromatic rings. The van der Waals surface area contributed by atoms with Crippen molar-refractivity contribution in [3.05, 3.63) is 59.7 Å². The topological polar surface area (TPSA) is 75.3 Å². The SMILES string of the molecule is CCc1ccc(NC(=O)[C@H]2CC(=O)C[C@@H]2C(=O)Nc2ccc(CC)cc2)cc1. The van der Waals surface area contributed by atoms with Crippen LogP contribution in [0.1, 0.15) is 37.8 Å². The molecule has 0 aromatic heterocycles. The molecule has 2 aromatic carbocycles. The van der Waals surface area contributed by atoms with Gasteiger partial charge in [0.2, 0.25) is 11.8 Å². The number of aryl methyl sites for hydroxylation is 2. The number of carbonyl (C=O) groups excluding carboxylic acids is 3. The van der Waals surface area contributed by atoms with Gasteiger partial charge in [-0.15, -0.1) is 0 Å². The van der Waals surface area contributed by atoms with Gasteiger partial charge in [-0.3, -0.25) is 14.4 Å². The van der Waals surface area contributed by atoms with Crippen molar-refractivity contribution >= 4 is 29.0 Å². The Morgan fingerprint density at radius 2 is 1.11 bits per heavy atom. The van der Waals surface area contributed by atoms with E-state index in [4.69, 9.17) is 0 Å². The van der Waals surface area contributed by atoms with Crippen molar-refractivity contribution in [1.82, 2.24) is 0 Å². The largest absolute Gasteiger partial charge is 0.326 e. The lowest BCUT2D eigenvalue weighted by Crippen LogP contribution is -2.33. The summed E-state index contributed by atoms with van der Waals surface area (Å²) in [4.78, 5) is 37.4. The summed E-state index contributed by atoms with van der Waals surface area (Å²) in [7, 11) is 0. The summed E-state index contributed by atoms with van der Waals surface area (Å²) < 4.78 is 0. The van der Waals surface area contributed by atoms with Crippen molar-refractivity contribution < 1.29 is 14.4 Å². The molecule has 2 amide bonds. The average Bonchev–Trinajstić information content (AvgIpc) is 3.11. The highest BCUT2D eigenvalue weighted by atomic mass is 16.2. The Bertz CT molecular complexity index is 785. The van der Waals surface area contributed by atoms with Gasteiger partial charge in [-0.2, -0.15) is 0 Å². The van der Waals surface area contributed by atoms with E-state index in [9.17, 15) is 14.4 Å². The van der Waals surface area contributed by atoms with Gasteiger partial charge < -0.3 is 10.6 Å². The molecule has 1 aliphatic rings. The third-order valence-electron chi connectivity index (χ3n) is 5.31. The molecule has 0 spiro atoms. The Morgan fingerprint density at radius 3 is 1.43 bits per heavy atom. The number of anilines is 2. The van der Waals surface area contributed by atoms with E-state index < -0.39 is 11.8 Å². The highest BCUT2D eigenvalue weighted by Crippen LogP contribution is 2.31. The molecule has 2 N–H and O–H groups in total. The first kappa shape index (κ1) is 19.8. The third-order valence-corrected chi connectivity index (χ3v) is 5.31. The molecule has 3 rings (SSSR count). The quantitative estimate of drug-likeness (QED) is 0.798. The standard InChI is InChI=1S/C23H26N2O3/c1-3-15-5-9-17(10-6-15)24-22(27)20-13-19(26)14-21(20)23(28)25-18-11-7-16(4-2)8-12-18/h5-12,20-21H,3-4,13-14H2,1-2H3,(H,24,27)(H,25,28)/t20-,21-/m0/s1. The Kier molecular flexibility index (Phi) is 6.24. The molecule has 5 heteroatoms. The number of carbonyl (C=O) groups is 3. The van der Waals surface area contributed by atoms with Crippen LogP contribution in [0.5, 0.6) is 0 Å². The number of amides is 2. The molecule has 1 aliphatic carbocycles. The summed E-state index contributed by atoms with van der Waals surface area (Å²) in [6.45, 7) is 4.13. The van der Waals surface area contributed by atoms with E-state index in [1.54, 1.807) is 0 Å². The van der Waals surface area contributed by atoms with Crippen molar-refractivity contribution in [2.24, 2.45) is 11.8 Å². The number of Topliss-reactive ketones (excluding diaryl/α,β-unsaturated/α-hetero) is 1. The molecule has 1 saturated carbocycles. The number of hydrogen-bond acceptors (Lipinski definition) is 3. The van der Waals surface area contributed by atoms with Crippen LogP contribution in [0.3, 0.4) is 0 Å². The van der Waals surface area contributed by atoms with Crippen LogP contribution in [0.25, 0.3) is 0 Å². The van der Waals surface area contributed by atoms with Gasteiger partial charge >= 0.3 is 0 Å². The molecule has 0 heterocycles. The summed E-state index contributed by atoms with van der Waals surface area (Å²) in [5.74, 6) is -1.90. The number of ketones is 1. The highest BCUT2D eigenvalue weighted by Gasteiger charge is 2.42. The maximum atomic E-state index is 12.7. The van der Waals surface area contributed by atoms with Gasteiger partial charge in [-0.1, -0.05) is 38.1 Å². The van der Waals surface area contributed by atoms with Crippen molar-refractivity contribution in [3.63, 3.8) is 0 Å². The van der Waals surface area contributed by atoms with E-state index in [1.807, 2.05) is 48.5 Å². The van der Waals surface area contributed by atoms with E-state index >= 15 is 0 Å². The Morgan fingerprint density at radius 1 is 0.750 bits per heavy atom. The Labute approximate surface area is 165 Å². The van der Waals surface area contributed by atoms with Gasteiger partial charge in [0.25, 0.3) is 0 Å². The molecule has 146 valence electrons. The van der Waals surface area contributed by atoms with Crippen LogP contribution in [0.15, 0.2) is 48.5 Å². The Hall–Kier alpha value is -2.95. The van der Waals surface area contributed by atoms with Crippen LogP contribution < -0.4 is 10.6 Å².